The number of ether oxygens (including phenoxy) is 3. The van der Waals surface area contributed by atoms with Crippen LogP contribution in [0.15, 0.2) is 0 Å². The van der Waals surface area contributed by atoms with Crippen LogP contribution in [0.4, 0.5) is 0 Å². The van der Waals surface area contributed by atoms with Crippen LogP contribution >= 0.6 is 0 Å². The summed E-state index contributed by atoms with van der Waals surface area (Å²) in [6.07, 6.45) is 8.70. The van der Waals surface area contributed by atoms with E-state index in [-0.39, 0.29) is 25.8 Å². The van der Waals surface area contributed by atoms with Crippen molar-refractivity contribution in [3.8, 4) is 0 Å². The van der Waals surface area contributed by atoms with Crippen molar-refractivity contribution in [1.29, 1.82) is 0 Å². The maximum Gasteiger partial charge on any atom is 0.329 e. The summed E-state index contributed by atoms with van der Waals surface area (Å²) in [5, 5.41) is 8.33. The zero-order valence-electron chi connectivity index (χ0n) is 13.7. The Morgan fingerprint density at radius 2 is 1.41 bits per heavy atom. The second-order valence-corrected chi connectivity index (χ2v) is 5.15. The number of carbonyl (C=O) groups is 2. The van der Waals surface area contributed by atoms with E-state index in [0.717, 1.165) is 12.8 Å². The first-order valence-electron chi connectivity index (χ1n) is 8.19. The molecule has 0 spiro atoms. The molecule has 0 aliphatic heterocycles. The highest BCUT2D eigenvalue weighted by Gasteiger charge is 2.02. The minimum Gasteiger partial charge on any atom is -0.480 e. The van der Waals surface area contributed by atoms with Crippen LogP contribution in [0, 0.1) is 0 Å². The minimum atomic E-state index is -1.00. The highest BCUT2D eigenvalue weighted by molar-refractivity contribution is 5.69. The van der Waals surface area contributed by atoms with Crippen molar-refractivity contribution in [3.05, 3.63) is 0 Å². The lowest BCUT2D eigenvalue weighted by Crippen LogP contribution is -2.14. The zero-order valence-corrected chi connectivity index (χ0v) is 13.7. The van der Waals surface area contributed by atoms with Gasteiger partial charge in [0.2, 0.25) is 0 Å². The standard InChI is InChI=1S/C16H30O6/c1-2-3-4-5-6-7-8-9-16(19)22-13-12-20-10-11-21-14-15(17)18/h2-14H2,1H3,(H,17,18). The van der Waals surface area contributed by atoms with Gasteiger partial charge in [-0.25, -0.2) is 4.79 Å². The molecule has 0 amide bonds. The molecular formula is C16H30O6. The average molecular weight is 318 g/mol. The van der Waals surface area contributed by atoms with Crippen molar-refractivity contribution in [3.63, 3.8) is 0 Å². The van der Waals surface area contributed by atoms with Gasteiger partial charge in [-0.3, -0.25) is 4.79 Å². The van der Waals surface area contributed by atoms with Crippen molar-refractivity contribution in [1.82, 2.24) is 0 Å². The van der Waals surface area contributed by atoms with E-state index in [4.69, 9.17) is 19.3 Å². The van der Waals surface area contributed by atoms with Crippen LogP contribution in [-0.4, -0.2) is 50.1 Å². The van der Waals surface area contributed by atoms with Gasteiger partial charge in [-0.2, -0.15) is 0 Å². The van der Waals surface area contributed by atoms with Crippen molar-refractivity contribution in [2.24, 2.45) is 0 Å². The van der Waals surface area contributed by atoms with Crippen molar-refractivity contribution in [2.45, 2.75) is 58.3 Å². The average Bonchev–Trinajstić information content (AvgIpc) is 2.48. The lowest BCUT2D eigenvalue weighted by Gasteiger charge is -2.06. The molecule has 0 bridgehead atoms. The maximum atomic E-state index is 11.4. The number of carboxylic acids is 1. The van der Waals surface area contributed by atoms with Gasteiger partial charge in [-0.15, -0.1) is 0 Å². The summed E-state index contributed by atoms with van der Waals surface area (Å²) in [6, 6.07) is 0. The largest absolute Gasteiger partial charge is 0.480 e. The number of hydrogen-bond donors (Lipinski definition) is 1. The molecule has 6 nitrogen and oxygen atoms in total. The molecule has 0 rings (SSSR count). The van der Waals surface area contributed by atoms with E-state index >= 15 is 0 Å². The Balaban J connectivity index is 3.17. The van der Waals surface area contributed by atoms with Crippen molar-refractivity contribution >= 4 is 11.9 Å². The first-order chi connectivity index (χ1) is 10.7. The van der Waals surface area contributed by atoms with Gasteiger partial charge in [-0.05, 0) is 6.42 Å². The van der Waals surface area contributed by atoms with E-state index in [9.17, 15) is 9.59 Å². The van der Waals surface area contributed by atoms with E-state index in [0.29, 0.717) is 19.6 Å². The molecule has 0 radical (unpaired) electrons. The van der Waals surface area contributed by atoms with Gasteiger partial charge in [0.05, 0.1) is 19.8 Å². The minimum absolute atomic E-state index is 0.181. The highest BCUT2D eigenvalue weighted by atomic mass is 16.6. The normalized spacial score (nSPS) is 10.6. The predicted octanol–water partition coefficient (Wildman–Crippen LogP) is 2.79. The van der Waals surface area contributed by atoms with Crippen LogP contribution in [0.25, 0.3) is 0 Å². The van der Waals surface area contributed by atoms with Crippen LogP contribution in [-0.2, 0) is 23.8 Å². The molecule has 0 aromatic rings. The number of hydrogen-bond acceptors (Lipinski definition) is 5. The lowest BCUT2D eigenvalue weighted by molar-refractivity contribution is -0.146. The first kappa shape index (κ1) is 20.9. The summed E-state index contributed by atoms with van der Waals surface area (Å²) < 4.78 is 15.0. The summed E-state index contributed by atoms with van der Waals surface area (Å²) in [6.45, 7) is 2.92. The Morgan fingerprint density at radius 3 is 2.09 bits per heavy atom. The van der Waals surface area contributed by atoms with Gasteiger partial charge in [0.1, 0.15) is 13.2 Å². The molecule has 22 heavy (non-hydrogen) atoms. The molecule has 0 saturated carbocycles. The van der Waals surface area contributed by atoms with Crippen LogP contribution in [0.5, 0.6) is 0 Å². The molecule has 0 aromatic carbocycles. The first-order valence-corrected chi connectivity index (χ1v) is 8.19. The number of esters is 1. The van der Waals surface area contributed by atoms with Gasteiger partial charge in [0.25, 0.3) is 0 Å². The van der Waals surface area contributed by atoms with Crippen LogP contribution < -0.4 is 0 Å². The van der Waals surface area contributed by atoms with E-state index in [1.165, 1.54) is 32.1 Å². The quantitative estimate of drug-likeness (QED) is 0.348. The summed E-state index contributed by atoms with van der Waals surface area (Å²) in [5.41, 5.74) is 0. The summed E-state index contributed by atoms with van der Waals surface area (Å²) in [7, 11) is 0. The molecular weight excluding hydrogens is 288 g/mol. The topological polar surface area (TPSA) is 82.1 Å². The van der Waals surface area contributed by atoms with E-state index in [2.05, 4.69) is 6.92 Å². The molecule has 0 aliphatic rings. The number of rotatable bonds is 16. The van der Waals surface area contributed by atoms with Crippen molar-refractivity contribution < 1.29 is 28.9 Å². The lowest BCUT2D eigenvalue weighted by atomic mass is 10.1. The maximum absolute atomic E-state index is 11.4. The molecule has 0 atom stereocenters. The smallest absolute Gasteiger partial charge is 0.329 e. The monoisotopic (exact) mass is 318 g/mol. The number of carbonyl (C=O) groups excluding carboxylic acids is 1. The van der Waals surface area contributed by atoms with Gasteiger partial charge in [0, 0.05) is 6.42 Å². The second-order valence-electron chi connectivity index (χ2n) is 5.15. The SMILES string of the molecule is CCCCCCCCCC(=O)OCCOCCOCC(=O)O. The molecule has 0 unspecified atom stereocenters. The highest BCUT2D eigenvalue weighted by Crippen LogP contribution is 2.08. The summed E-state index contributed by atoms with van der Waals surface area (Å²) in [5.74, 6) is -1.18. The third-order valence-electron chi connectivity index (χ3n) is 3.07. The Hall–Kier alpha value is -1.14. The van der Waals surface area contributed by atoms with E-state index < -0.39 is 5.97 Å². The molecule has 6 heteroatoms. The summed E-state index contributed by atoms with van der Waals surface area (Å²) >= 11 is 0. The fraction of sp³-hybridized carbons (Fsp3) is 0.875. The second kappa shape index (κ2) is 16.2. The third-order valence-corrected chi connectivity index (χ3v) is 3.07. The Labute approximate surface area is 133 Å². The van der Waals surface area contributed by atoms with Crippen molar-refractivity contribution in [2.75, 3.05) is 33.0 Å². The predicted molar refractivity (Wildman–Crippen MR) is 82.8 cm³/mol. The Bertz CT molecular complexity index is 280. The van der Waals surface area contributed by atoms with Gasteiger partial charge < -0.3 is 19.3 Å². The Kier molecular flexibility index (Phi) is 15.4. The number of carboxylic acid groups (broad SMARTS) is 1. The van der Waals surface area contributed by atoms with Crippen LogP contribution in [0.1, 0.15) is 58.3 Å². The fourth-order valence-corrected chi connectivity index (χ4v) is 1.89. The Morgan fingerprint density at radius 1 is 0.818 bits per heavy atom. The number of aliphatic carboxylic acids is 1. The molecule has 0 aliphatic carbocycles. The molecule has 130 valence electrons. The van der Waals surface area contributed by atoms with Crippen LogP contribution in [0.2, 0.25) is 0 Å². The molecule has 0 saturated heterocycles. The van der Waals surface area contributed by atoms with Gasteiger partial charge >= 0.3 is 11.9 Å². The van der Waals surface area contributed by atoms with Gasteiger partial charge in [-0.1, -0.05) is 45.4 Å². The van der Waals surface area contributed by atoms with Gasteiger partial charge in [0.15, 0.2) is 0 Å². The molecule has 1 N–H and O–H groups in total. The van der Waals surface area contributed by atoms with E-state index in [1.54, 1.807) is 0 Å². The number of unbranched alkanes of at least 4 members (excludes halogenated alkanes) is 6. The molecule has 0 aromatic heterocycles. The summed E-state index contributed by atoms with van der Waals surface area (Å²) in [4.78, 5) is 21.6. The zero-order chi connectivity index (χ0) is 16.5. The molecule has 0 fully saturated rings. The fourth-order valence-electron chi connectivity index (χ4n) is 1.89. The van der Waals surface area contributed by atoms with E-state index in [1.807, 2.05) is 0 Å². The van der Waals surface area contributed by atoms with Crippen LogP contribution in [0.3, 0.4) is 0 Å². The molecule has 0 heterocycles. The third kappa shape index (κ3) is 16.9.